The molecule has 0 saturated heterocycles. The molecule has 0 radical (unpaired) electrons. The van der Waals surface area contributed by atoms with Crippen LogP contribution in [0.25, 0.3) is 0 Å². The smallest absolute Gasteiger partial charge is 0.272 e. The third-order valence-electron chi connectivity index (χ3n) is 5.79. The van der Waals surface area contributed by atoms with Crippen molar-refractivity contribution in [2.75, 3.05) is 19.8 Å². The van der Waals surface area contributed by atoms with Crippen LogP contribution < -0.4 is 26.1 Å². The fourth-order valence-corrected chi connectivity index (χ4v) is 3.94. The molecular weight excluding hydrogens is 493 g/mol. The zero-order valence-electron chi connectivity index (χ0n) is 19.4. The lowest BCUT2D eigenvalue weighted by Crippen LogP contribution is -2.45. The van der Waals surface area contributed by atoms with Crippen LogP contribution in [0.3, 0.4) is 0 Å². The Morgan fingerprint density at radius 2 is 1.84 bits per heavy atom. The van der Waals surface area contributed by atoms with E-state index in [1.165, 1.54) is 10.8 Å². The molecule has 4 N–H and O–H groups in total. The van der Waals surface area contributed by atoms with E-state index in [4.69, 9.17) is 9.84 Å². The number of carbonyl (C=O) groups is 2. The second kappa shape index (κ2) is 11.3. The van der Waals surface area contributed by atoms with Crippen LogP contribution in [-0.4, -0.2) is 41.3 Å². The van der Waals surface area contributed by atoms with Gasteiger partial charge in [-0.3, -0.25) is 19.7 Å². The first-order valence-corrected chi connectivity index (χ1v) is 11.3. The topological polar surface area (TPSA) is 122 Å². The lowest BCUT2D eigenvalue weighted by atomic mass is 10.1. The van der Waals surface area contributed by atoms with Crippen molar-refractivity contribution in [3.63, 3.8) is 0 Å². The zero-order valence-corrected chi connectivity index (χ0v) is 19.4. The van der Waals surface area contributed by atoms with Crippen LogP contribution in [0.2, 0.25) is 0 Å². The Bertz CT molecular complexity index is 1360. The average molecular weight is 516 g/mol. The van der Waals surface area contributed by atoms with E-state index in [2.05, 4.69) is 16.0 Å². The van der Waals surface area contributed by atoms with E-state index in [0.717, 1.165) is 0 Å². The molecule has 37 heavy (non-hydrogen) atoms. The van der Waals surface area contributed by atoms with Crippen molar-refractivity contribution < 1.29 is 32.6 Å². The van der Waals surface area contributed by atoms with E-state index >= 15 is 0 Å². The van der Waals surface area contributed by atoms with Crippen LogP contribution in [0.4, 0.5) is 13.2 Å². The fraction of sp³-hybridized carbons (Fsp3) is 0.240. The highest BCUT2D eigenvalue weighted by Gasteiger charge is 2.32. The molecule has 2 aromatic carbocycles. The Labute approximate surface area is 208 Å². The number of hydrogen-bond donors (Lipinski definition) is 4. The SMILES string of the molecule is O=C(NCc1c(F)cc(F)cc1F)c1cn2c(c(OCc3ccccc3)c1=O)C(=O)NC[C@@H]2CNCO. The number of aliphatic hydroxyl groups excluding tert-OH is 1. The van der Waals surface area contributed by atoms with E-state index in [1.807, 2.05) is 0 Å². The number of carbonyl (C=O) groups excluding carboxylic acids is 2. The molecule has 4 rings (SSSR count). The molecule has 0 fully saturated rings. The van der Waals surface area contributed by atoms with E-state index in [-0.39, 0.29) is 37.9 Å². The molecule has 2 amide bonds. The van der Waals surface area contributed by atoms with Crippen molar-refractivity contribution in [1.82, 2.24) is 20.5 Å². The summed E-state index contributed by atoms with van der Waals surface area (Å²) in [5, 5.41) is 16.8. The molecule has 0 aliphatic carbocycles. The number of amides is 2. The summed E-state index contributed by atoms with van der Waals surface area (Å²) in [5.74, 6) is -5.45. The van der Waals surface area contributed by atoms with Crippen LogP contribution in [0.15, 0.2) is 53.5 Å². The Balaban J connectivity index is 1.71. The van der Waals surface area contributed by atoms with Crippen LogP contribution in [0.1, 0.15) is 38.0 Å². The van der Waals surface area contributed by atoms with E-state index < -0.39 is 58.4 Å². The summed E-state index contributed by atoms with van der Waals surface area (Å²) in [6.07, 6.45) is 1.17. The van der Waals surface area contributed by atoms with Gasteiger partial charge in [0.1, 0.15) is 29.6 Å². The fourth-order valence-electron chi connectivity index (χ4n) is 3.94. The van der Waals surface area contributed by atoms with Gasteiger partial charge in [0, 0.05) is 43.5 Å². The molecule has 1 aromatic heterocycles. The Hall–Kier alpha value is -4.16. The molecule has 0 spiro atoms. The Morgan fingerprint density at radius 3 is 2.51 bits per heavy atom. The van der Waals surface area contributed by atoms with Gasteiger partial charge in [0.2, 0.25) is 5.43 Å². The highest BCUT2D eigenvalue weighted by molar-refractivity contribution is 5.99. The maximum Gasteiger partial charge on any atom is 0.272 e. The molecule has 0 bridgehead atoms. The highest BCUT2D eigenvalue weighted by Crippen LogP contribution is 2.24. The molecule has 1 aliphatic heterocycles. The highest BCUT2D eigenvalue weighted by atomic mass is 19.1. The van der Waals surface area contributed by atoms with Crippen molar-refractivity contribution in [2.24, 2.45) is 0 Å². The summed E-state index contributed by atoms with van der Waals surface area (Å²) in [6.45, 7) is -0.772. The molecule has 194 valence electrons. The van der Waals surface area contributed by atoms with Gasteiger partial charge in [0.15, 0.2) is 11.4 Å². The quantitative estimate of drug-likeness (QED) is 0.321. The summed E-state index contributed by atoms with van der Waals surface area (Å²) >= 11 is 0. The number of aliphatic hydroxyl groups is 1. The van der Waals surface area contributed by atoms with Crippen LogP contribution in [-0.2, 0) is 13.2 Å². The van der Waals surface area contributed by atoms with E-state index in [1.54, 1.807) is 30.3 Å². The largest absolute Gasteiger partial charge is 0.483 e. The Morgan fingerprint density at radius 1 is 1.14 bits per heavy atom. The maximum absolute atomic E-state index is 14.0. The van der Waals surface area contributed by atoms with Crippen molar-refractivity contribution >= 4 is 11.8 Å². The number of nitrogens with one attached hydrogen (secondary N) is 3. The van der Waals surface area contributed by atoms with Crippen LogP contribution in [0, 0.1) is 17.5 Å². The standard InChI is InChI=1S/C25H23F3N4O5/c26-15-6-19(27)17(20(28)7-15)10-31-24(35)18-11-32-16(8-29-13-33)9-30-25(36)21(32)23(22(18)34)37-12-14-4-2-1-3-5-14/h1-7,11,16,29,33H,8-10,12-13H2,(H,30,36)(H,31,35)/t16-/m0/s1. The molecule has 9 nitrogen and oxygen atoms in total. The first-order valence-electron chi connectivity index (χ1n) is 11.3. The molecule has 12 heteroatoms. The number of nitrogens with zero attached hydrogens (tertiary/aromatic N) is 1. The van der Waals surface area contributed by atoms with Gasteiger partial charge in [0.25, 0.3) is 11.8 Å². The number of benzene rings is 2. The van der Waals surface area contributed by atoms with Crippen molar-refractivity contribution in [2.45, 2.75) is 19.2 Å². The summed E-state index contributed by atoms with van der Waals surface area (Å²) in [4.78, 5) is 39.1. The number of aromatic nitrogens is 1. The number of ether oxygens (including phenoxy) is 1. The van der Waals surface area contributed by atoms with Crippen molar-refractivity contribution in [3.05, 3.63) is 98.7 Å². The normalized spacial score (nSPS) is 14.6. The number of rotatable bonds is 9. The average Bonchev–Trinajstić information content (AvgIpc) is 2.87. The van der Waals surface area contributed by atoms with Crippen LogP contribution in [0.5, 0.6) is 5.75 Å². The van der Waals surface area contributed by atoms with E-state index in [0.29, 0.717) is 17.7 Å². The van der Waals surface area contributed by atoms with Gasteiger partial charge in [-0.05, 0) is 5.56 Å². The van der Waals surface area contributed by atoms with E-state index in [9.17, 15) is 27.6 Å². The molecule has 1 atom stereocenters. The zero-order chi connectivity index (χ0) is 26.5. The number of pyridine rings is 1. The number of fused-ring (bicyclic) bond motifs is 1. The summed E-state index contributed by atoms with van der Waals surface area (Å²) < 4.78 is 48.4. The summed E-state index contributed by atoms with van der Waals surface area (Å²) in [5.41, 5.74) is -1.32. The second-order valence-electron chi connectivity index (χ2n) is 8.24. The van der Waals surface area contributed by atoms with Gasteiger partial charge >= 0.3 is 0 Å². The summed E-state index contributed by atoms with van der Waals surface area (Å²) in [6, 6.07) is 9.28. The van der Waals surface area contributed by atoms with Gasteiger partial charge < -0.3 is 25.0 Å². The summed E-state index contributed by atoms with van der Waals surface area (Å²) in [7, 11) is 0. The van der Waals surface area contributed by atoms with Crippen molar-refractivity contribution in [1.29, 1.82) is 0 Å². The Kier molecular flexibility index (Phi) is 7.89. The monoisotopic (exact) mass is 516 g/mol. The van der Waals surface area contributed by atoms with Gasteiger partial charge in [-0.25, -0.2) is 13.2 Å². The van der Waals surface area contributed by atoms with Gasteiger partial charge in [0.05, 0.1) is 12.8 Å². The predicted molar refractivity (Wildman–Crippen MR) is 125 cm³/mol. The minimum absolute atomic E-state index is 0.0764. The minimum atomic E-state index is -1.20. The van der Waals surface area contributed by atoms with Crippen molar-refractivity contribution in [3.8, 4) is 5.75 Å². The molecule has 0 saturated carbocycles. The molecule has 0 unspecified atom stereocenters. The predicted octanol–water partition coefficient (Wildman–Crippen LogP) is 1.60. The minimum Gasteiger partial charge on any atom is -0.483 e. The lowest BCUT2D eigenvalue weighted by Gasteiger charge is -2.30. The molecular formula is C25H23F3N4O5. The van der Waals surface area contributed by atoms with Gasteiger partial charge in [-0.2, -0.15) is 0 Å². The first kappa shape index (κ1) is 25.9. The third-order valence-corrected chi connectivity index (χ3v) is 5.79. The number of halogens is 3. The van der Waals surface area contributed by atoms with Gasteiger partial charge in [-0.1, -0.05) is 30.3 Å². The molecule has 3 aromatic rings. The first-order chi connectivity index (χ1) is 17.8. The molecule has 2 heterocycles. The third kappa shape index (κ3) is 5.65. The number of hydrogen-bond acceptors (Lipinski definition) is 6. The lowest BCUT2D eigenvalue weighted by molar-refractivity contribution is 0.0894. The van der Waals surface area contributed by atoms with Crippen LogP contribution >= 0.6 is 0 Å². The van der Waals surface area contributed by atoms with Gasteiger partial charge in [-0.15, -0.1) is 0 Å². The maximum atomic E-state index is 14.0. The second-order valence-corrected chi connectivity index (χ2v) is 8.24. The molecule has 1 aliphatic rings.